The van der Waals surface area contributed by atoms with Gasteiger partial charge in [0.15, 0.2) is 0 Å². The van der Waals surface area contributed by atoms with Gasteiger partial charge < -0.3 is 5.73 Å². The first-order chi connectivity index (χ1) is 6.02. The third-order valence-electron chi connectivity index (χ3n) is 1.69. The van der Waals surface area contributed by atoms with Gasteiger partial charge in [-0.15, -0.1) is 0 Å². The third kappa shape index (κ3) is 2.00. The second-order valence-corrected chi connectivity index (χ2v) is 2.76. The van der Waals surface area contributed by atoms with E-state index < -0.39 is 16.4 Å². The van der Waals surface area contributed by atoms with Gasteiger partial charge in [-0.25, -0.2) is 0 Å². The van der Waals surface area contributed by atoms with Crippen LogP contribution in [0.2, 0.25) is 0 Å². The number of nitro groups is 1. The third-order valence-corrected chi connectivity index (χ3v) is 1.69. The van der Waals surface area contributed by atoms with E-state index in [9.17, 15) is 14.5 Å². The summed E-state index contributed by atoms with van der Waals surface area (Å²) in [5.41, 5.74) is 5.49. The Morgan fingerprint density at radius 1 is 1.62 bits per heavy atom. The molecule has 0 aliphatic rings. The van der Waals surface area contributed by atoms with Crippen LogP contribution in [0.4, 0.5) is 10.1 Å². The molecule has 1 aromatic rings. The predicted octanol–water partition coefficient (Wildman–Crippen LogP) is 1.75. The van der Waals surface area contributed by atoms with Gasteiger partial charge in [0.2, 0.25) is 5.82 Å². The Morgan fingerprint density at radius 3 is 2.62 bits per heavy atom. The summed E-state index contributed by atoms with van der Waals surface area (Å²) in [5.74, 6) is -0.847. The van der Waals surface area contributed by atoms with Crippen molar-refractivity contribution < 1.29 is 9.31 Å². The molecule has 0 radical (unpaired) electrons. The molecular formula is C8H9FN2O2. The molecular weight excluding hydrogens is 175 g/mol. The highest BCUT2D eigenvalue weighted by Crippen LogP contribution is 2.20. The van der Waals surface area contributed by atoms with Gasteiger partial charge in [0.25, 0.3) is 0 Å². The number of hydrogen-bond acceptors (Lipinski definition) is 3. The second kappa shape index (κ2) is 3.49. The van der Waals surface area contributed by atoms with E-state index >= 15 is 0 Å². The SMILES string of the molecule is CC(N)c1ccc([N+](=O)[O-])c(F)c1. The average molecular weight is 184 g/mol. The molecule has 1 unspecified atom stereocenters. The summed E-state index contributed by atoms with van der Waals surface area (Å²) in [6, 6.07) is 3.33. The highest BCUT2D eigenvalue weighted by molar-refractivity contribution is 5.35. The van der Waals surface area contributed by atoms with Crippen LogP contribution in [0.5, 0.6) is 0 Å². The van der Waals surface area contributed by atoms with Crippen LogP contribution >= 0.6 is 0 Å². The maximum absolute atomic E-state index is 13.0. The standard InChI is InChI=1S/C8H9FN2O2/c1-5(10)6-2-3-8(11(12)13)7(9)4-6/h2-5H,10H2,1H3. The number of rotatable bonds is 2. The lowest BCUT2D eigenvalue weighted by molar-refractivity contribution is -0.387. The van der Waals surface area contributed by atoms with Crippen LogP contribution in [0.1, 0.15) is 18.5 Å². The monoisotopic (exact) mass is 184 g/mol. The molecule has 0 saturated heterocycles. The van der Waals surface area contributed by atoms with Gasteiger partial charge in [-0.3, -0.25) is 10.1 Å². The molecule has 1 atom stereocenters. The smallest absolute Gasteiger partial charge is 0.304 e. The number of benzene rings is 1. The summed E-state index contributed by atoms with van der Waals surface area (Å²) < 4.78 is 13.0. The summed E-state index contributed by atoms with van der Waals surface area (Å²) >= 11 is 0. The van der Waals surface area contributed by atoms with E-state index in [-0.39, 0.29) is 6.04 Å². The van der Waals surface area contributed by atoms with Crippen molar-refractivity contribution in [1.29, 1.82) is 0 Å². The van der Waals surface area contributed by atoms with Gasteiger partial charge >= 0.3 is 5.69 Å². The van der Waals surface area contributed by atoms with Gasteiger partial charge in [0, 0.05) is 12.1 Å². The van der Waals surface area contributed by atoms with Crippen LogP contribution in [0.15, 0.2) is 18.2 Å². The van der Waals surface area contributed by atoms with Crippen molar-refractivity contribution in [3.63, 3.8) is 0 Å². The lowest BCUT2D eigenvalue weighted by Gasteiger charge is -2.04. The van der Waals surface area contributed by atoms with Crippen molar-refractivity contribution in [3.05, 3.63) is 39.7 Å². The minimum absolute atomic E-state index is 0.324. The second-order valence-electron chi connectivity index (χ2n) is 2.76. The zero-order valence-electron chi connectivity index (χ0n) is 7.03. The van der Waals surface area contributed by atoms with E-state index in [0.29, 0.717) is 5.56 Å². The minimum atomic E-state index is -0.847. The molecule has 0 aliphatic carbocycles. The zero-order chi connectivity index (χ0) is 10.0. The maximum atomic E-state index is 13.0. The Labute approximate surface area is 74.3 Å². The number of hydrogen-bond donors (Lipinski definition) is 1. The van der Waals surface area contributed by atoms with Gasteiger partial charge in [-0.05, 0) is 18.6 Å². The summed E-state index contributed by atoms with van der Waals surface area (Å²) in [6.07, 6.45) is 0. The number of halogens is 1. The molecule has 0 saturated carbocycles. The molecule has 13 heavy (non-hydrogen) atoms. The van der Waals surface area contributed by atoms with Crippen molar-refractivity contribution >= 4 is 5.69 Å². The number of nitrogens with zero attached hydrogens (tertiary/aromatic N) is 1. The molecule has 5 heteroatoms. The van der Waals surface area contributed by atoms with Gasteiger partial charge in [0.1, 0.15) is 0 Å². The molecule has 0 fully saturated rings. The largest absolute Gasteiger partial charge is 0.324 e. The maximum Gasteiger partial charge on any atom is 0.304 e. The molecule has 0 aromatic heterocycles. The van der Waals surface area contributed by atoms with E-state index in [1.54, 1.807) is 6.92 Å². The average Bonchev–Trinajstić information content (AvgIpc) is 2.03. The lowest BCUT2D eigenvalue weighted by Crippen LogP contribution is -2.05. The van der Waals surface area contributed by atoms with E-state index in [4.69, 9.17) is 5.73 Å². The first-order valence-corrected chi connectivity index (χ1v) is 3.72. The predicted molar refractivity (Wildman–Crippen MR) is 45.7 cm³/mol. The summed E-state index contributed by atoms with van der Waals surface area (Å²) in [7, 11) is 0. The van der Waals surface area contributed by atoms with E-state index in [2.05, 4.69) is 0 Å². The van der Waals surface area contributed by atoms with Crippen LogP contribution in [-0.2, 0) is 0 Å². The van der Waals surface area contributed by atoms with Gasteiger partial charge in [0.05, 0.1) is 4.92 Å². The molecule has 1 aromatic carbocycles. The van der Waals surface area contributed by atoms with Crippen molar-refractivity contribution in [2.45, 2.75) is 13.0 Å². The fraction of sp³-hybridized carbons (Fsp3) is 0.250. The first-order valence-electron chi connectivity index (χ1n) is 3.72. The summed E-state index contributed by atoms with van der Waals surface area (Å²) in [5, 5.41) is 10.2. The van der Waals surface area contributed by atoms with Crippen molar-refractivity contribution in [2.75, 3.05) is 0 Å². The highest BCUT2D eigenvalue weighted by Gasteiger charge is 2.14. The van der Waals surface area contributed by atoms with Crippen LogP contribution in [0.25, 0.3) is 0 Å². The van der Waals surface area contributed by atoms with Crippen LogP contribution < -0.4 is 5.73 Å². The van der Waals surface area contributed by atoms with Crippen LogP contribution in [0, 0.1) is 15.9 Å². The zero-order valence-corrected chi connectivity index (χ0v) is 7.03. The van der Waals surface area contributed by atoms with Crippen molar-refractivity contribution in [3.8, 4) is 0 Å². The summed E-state index contributed by atoms with van der Waals surface area (Å²) in [4.78, 5) is 9.47. The highest BCUT2D eigenvalue weighted by atomic mass is 19.1. The molecule has 0 spiro atoms. The lowest BCUT2D eigenvalue weighted by atomic mass is 10.1. The quantitative estimate of drug-likeness (QED) is 0.562. The van der Waals surface area contributed by atoms with E-state index in [1.807, 2.05) is 0 Å². The molecule has 70 valence electrons. The van der Waals surface area contributed by atoms with Crippen molar-refractivity contribution in [2.24, 2.45) is 5.73 Å². The van der Waals surface area contributed by atoms with Crippen LogP contribution in [-0.4, -0.2) is 4.92 Å². The van der Waals surface area contributed by atoms with Crippen LogP contribution in [0.3, 0.4) is 0 Å². The fourth-order valence-electron chi connectivity index (χ4n) is 0.954. The molecule has 2 N–H and O–H groups in total. The Kier molecular flexibility index (Phi) is 2.57. The summed E-state index contributed by atoms with van der Waals surface area (Å²) in [6.45, 7) is 1.68. The molecule has 1 rings (SSSR count). The Morgan fingerprint density at radius 2 is 2.23 bits per heavy atom. The number of nitro benzene ring substituents is 1. The Hall–Kier alpha value is -1.49. The molecule has 0 bridgehead atoms. The fourth-order valence-corrected chi connectivity index (χ4v) is 0.954. The minimum Gasteiger partial charge on any atom is -0.324 e. The number of nitrogens with two attached hydrogens (primary N) is 1. The topological polar surface area (TPSA) is 69.2 Å². The molecule has 0 aliphatic heterocycles. The molecule has 0 heterocycles. The van der Waals surface area contributed by atoms with E-state index in [0.717, 1.165) is 12.1 Å². The first kappa shape index (κ1) is 9.60. The Balaban J connectivity index is 3.13. The van der Waals surface area contributed by atoms with E-state index in [1.165, 1.54) is 6.07 Å². The molecule has 4 nitrogen and oxygen atoms in total. The van der Waals surface area contributed by atoms with Gasteiger partial charge in [-0.1, -0.05) is 6.07 Å². The Bertz CT molecular complexity index is 339. The van der Waals surface area contributed by atoms with Crippen molar-refractivity contribution in [1.82, 2.24) is 0 Å². The van der Waals surface area contributed by atoms with Gasteiger partial charge in [-0.2, -0.15) is 4.39 Å². The molecule has 0 amide bonds. The normalized spacial score (nSPS) is 12.5.